The average Bonchev–Trinajstić information content (AvgIpc) is 2.16. The number of carboxylic acids is 1. The number of rotatable bonds is 4. The van der Waals surface area contributed by atoms with E-state index in [0.29, 0.717) is 16.7 Å². The van der Waals surface area contributed by atoms with Crippen molar-refractivity contribution in [3.63, 3.8) is 0 Å². The monoisotopic (exact) mass is 250 g/mol. The number of aliphatic carboxylic acids is 1. The van der Waals surface area contributed by atoms with E-state index in [1.54, 1.807) is 18.2 Å². The third-order valence-corrected chi connectivity index (χ3v) is 3.01. The number of hydrogen-bond donors (Lipinski definition) is 1. The summed E-state index contributed by atoms with van der Waals surface area (Å²) >= 11 is 0.518. The maximum absolute atomic E-state index is 12.5. The molecule has 0 aliphatic heterocycles. The average molecular weight is 250 g/mol. The van der Waals surface area contributed by atoms with Crippen LogP contribution in [0.5, 0.6) is 0 Å². The lowest BCUT2D eigenvalue weighted by Gasteiger charge is -2.17. The third-order valence-electron chi connectivity index (χ3n) is 1.75. The predicted octanol–water partition coefficient (Wildman–Crippen LogP) is 3.18. The molecular formula is C10H9F3O2S. The summed E-state index contributed by atoms with van der Waals surface area (Å²) in [6.45, 7) is 0. The first-order chi connectivity index (χ1) is 7.39. The van der Waals surface area contributed by atoms with Crippen LogP contribution >= 0.6 is 11.8 Å². The second kappa shape index (κ2) is 5.25. The zero-order valence-electron chi connectivity index (χ0n) is 8.07. The minimum Gasteiger partial charge on any atom is -0.481 e. The molecule has 16 heavy (non-hydrogen) atoms. The van der Waals surface area contributed by atoms with Crippen LogP contribution in [0.2, 0.25) is 0 Å². The fourth-order valence-electron chi connectivity index (χ4n) is 1.05. The molecule has 0 spiro atoms. The zero-order valence-corrected chi connectivity index (χ0v) is 8.89. The van der Waals surface area contributed by atoms with Gasteiger partial charge < -0.3 is 5.11 Å². The van der Waals surface area contributed by atoms with E-state index in [2.05, 4.69) is 0 Å². The maximum atomic E-state index is 12.5. The summed E-state index contributed by atoms with van der Waals surface area (Å²) < 4.78 is 37.4. The Morgan fingerprint density at radius 1 is 1.31 bits per heavy atom. The first-order valence-electron chi connectivity index (χ1n) is 4.40. The first-order valence-corrected chi connectivity index (χ1v) is 5.28. The number of carbonyl (C=O) groups is 1. The van der Waals surface area contributed by atoms with Gasteiger partial charge in [-0.25, -0.2) is 0 Å². The molecule has 1 aromatic rings. The summed E-state index contributed by atoms with van der Waals surface area (Å²) in [5.74, 6) is -1.45. The zero-order chi connectivity index (χ0) is 12.2. The van der Waals surface area contributed by atoms with Gasteiger partial charge in [0.1, 0.15) is 5.25 Å². The van der Waals surface area contributed by atoms with Crippen LogP contribution in [0.4, 0.5) is 13.2 Å². The molecule has 0 radical (unpaired) electrons. The molecule has 2 nitrogen and oxygen atoms in total. The van der Waals surface area contributed by atoms with Crippen LogP contribution in [0, 0.1) is 0 Å². The Morgan fingerprint density at radius 2 is 1.88 bits per heavy atom. The lowest BCUT2D eigenvalue weighted by atomic mass is 10.3. The summed E-state index contributed by atoms with van der Waals surface area (Å²) in [6.07, 6.45) is -5.44. The van der Waals surface area contributed by atoms with E-state index in [4.69, 9.17) is 5.11 Å². The molecule has 6 heteroatoms. The second-order valence-corrected chi connectivity index (χ2v) is 4.34. The van der Waals surface area contributed by atoms with Gasteiger partial charge in [-0.15, -0.1) is 11.8 Å². The van der Waals surface area contributed by atoms with Crippen LogP contribution in [-0.4, -0.2) is 22.5 Å². The molecular weight excluding hydrogens is 241 g/mol. The largest absolute Gasteiger partial charge is 0.481 e. The number of halogens is 3. The Kier molecular flexibility index (Phi) is 4.23. The molecule has 0 amide bonds. The van der Waals surface area contributed by atoms with Crippen molar-refractivity contribution >= 4 is 17.7 Å². The van der Waals surface area contributed by atoms with Crippen molar-refractivity contribution < 1.29 is 23.1 Å². The van der Waals surface area contributed by atoms with Gasteiger partial charge in [-0.3, -0.25) is 4.79 Å². The number of alkyl halides is 3. The summed E-state index contributed by atoms with van der Waals surface area (Å²) in [4.78, 5) is 10.7. The highest BCUT2D eigenvalue weighted by Gasteiger charge is 2.41. The normalized spacial score (nSPS) is 13.4. The Balaban J connectivity index is 2.75. The van der Waals surface area contributed by atoms with Gasteiger partial charge in [-0.1, -0.05) is 18.2 Å². The van der Waals surface area contributed by atoms with Crippen LogP contribution in [-0.2, 0) is 4.79 Å². The lowest BCUT2D eigenvalue weighted by Crippen LogP contribution is -2.28. The first kappa shape index (κ1) is 12.9. The third kappa shape index (κ3) is 4.14. The van der Waals surface area contributed by atoms with E-state index in [-0.39, 0.29) is 0 Å². The number of hydrogen-bond acceptors (Lipinski definition) is 2. The van der Waals surface area contributed by atoms with E-state index in [0.717, 1.165) is 0 Å². The van der Waals surface area contributed by atoms with E-state index in [1.807, 2.05) is 0 Å². The molecule has 0 fully saturated rings. The molecule has 1 N–H and O–H groups in total. The molecule has 1 rings (SSSR count). The molecule has 88 valence electrons. The highest BCUT2D eigenvalue weighted by molar-refractivity contribution is 8.00. The standard InChI is InChI=1S/C10H9F3O2S/c11-10(12,13)8(6-9(14)15)16-7-4-2-1-3-5-7/h1-5,8H,6H2,(H,14,15). The molecule has 1 unspecified atom stereocenters. The number of thioether (sulfide) groups is 1. The predicted molar refractivity (Wildman–Crippen MR) is 54.4 cm³/mol. The minimum atomic E-state index is -4.51. The molecule has 0 heterocycles. The van der Waals surface area contributed by atoms with Crippen molar-refractivity contribution in [2.45, 2.75) is 22.7 Å². The van der Waals surface area contributed by atoms with E-state index in [1.165, 1.54) is 12.1 Å². The van der Waals surface area contributed by atoms with E-state index in [9.17, 15) is 18.0 Å². The van der Waals surface area contributed by atoms with Gasteiger partial charge in [0.15, 0.2) is 0 Å². The minimum absolute atomic E-state index is 0.408. The lowest BCUT2D eigenvalue weighted by molar-refractivity contribution is -0.149. The quantitative estimate of drug-likeness (QED) is 0.834. The van der Waals surface area contributed by atoms with Crippen molar-refractivity contribution in [2.24, 2.45) is 0 Å². The molecule has 0 aliphatic rings. The topological polar surface area (TPSA) is 37.3 Å². The second-order valence-electron chi connectivity index (χ2n) is 3.06. The number of carboxylic acid groups (broad SMARTS) is 1. The van der Waals surface area contributed by atoms with Gasteiger partial charge in [0.25, 0.3) is 0 Å². The fourth-order valence-corrected chi connectivity index (χ4v) is 2.05. The van der Waals surface area contributed by atoms with Crippen LogP contribution in [0.1, 0.15) is 6.42 Å². The van der Waals surface area contributed by atoms with Crippen LogP contribution in [0.3, 0.4) is 0 Å². The Hall–Kier alpha value is -1.17. The molecule has 0 aromatic heterocycles. The van der Waals surface area contributed by atoms with E-state index >= 15 is 0 Å². The molecule has 0 aliphatic carbocycles. The maximum Gasteiger partial charge on any atom is 0.401 e. The van der Waals surface area contributed by atoms with Gasteiger partial charge in [-0.05, 0) is 12.1 Å². The number of benzene rings is 1. The van der Waals surface area contributed by atoms with Crippen molar-refractivity contribution in [3.05, 3.63) is 30.3 Å². The Labute approximate surface area is 94.5 Å². The summed E-state index contributed by atoms with van der Waals surface area (Å²) in [5, 5.41) is 6.50. The van der Waals surface area contributed by atoms with Crippen LogP contribution < -0.4 is 0 Å². The van der Waals surface area contributed by atoms with Crippen molar-refractivity contribution in [2.75, 3.05) is 0 Å². The highest BCUT2D eigenvalue weighted by Crippen LogP contribution is 2.36. The van der Waals surface area contributed by atoms with Crippen LogP contribution in [0.15, 0.2) is 35.2 Å². The van der Waals surface area contributed by atoms with Gasteiger partial charge in [-0.2, -0.15) is 13.2 Å². The van der Waals surface area contributed by atoms with Crippen molar-refractivity contribution in [1.29, 1.82) is 0 Å². The summed E-state index contributed by atoms with van der Waals surface area (Å²) in [7, 11) is 0. The molecule has 1 atom stereocenters. The highest BCUT2D eigenvalue weighted by atomic mass is 32.2. The molecule has 0 saturated heterocycles. The van der Waals surface area contributed by atoms with Crippen molar-refractivity contribution in [1.82, 2.24) is 0 Å². The SMILES string of the molecule is O=C(O)CC(Sc1ccccc1)C(F)(F)F. The summed E-state index contributed by atoms with van der Waals surface area (Å²) in [6, 6.07) is 7.94. The van der Waals surface area contributed by atoms with Gasteiger partial charge >= 0.3 is 12.1 Å². The van der Waals surface area contributed by atoms with Crippen LogP contribution in [0.25, 0.3) is 0 Å². The smallest absolute Gasteiger partial charge is 0.401 e. The fraction of sp³-hybridized carbons (Fsp3) is 0.300. The van der Waals surface area contributed by atoms with Crippen molar-refractivity contribution in [3.8, 4) is 0 Å². The molecule has 0 saturated carbocycles. The summed E-state index contributed by atoms with van der Waals surface area (Å²) in [5.41, 5.74) is 0. The molecule has 0 bridgehead atoms. The van der Waals surface area contributed by atoms with Gasteiger partial charge in [0, 0.05) is 4.90 Å². The Morgan fingerprint density at radius 3 is 2.31 bits per heavy atom. The molecule has 1 aromatic carbocycles. The van der Waals surface area contributed by atoms with Gasteiger partial charge in [0.2, 0.25) is 0 Å². The van der Waals surface area contributed by atoms with E-state index < -0.39 is 23.8 Å². The van der Waals surface area contributed by atoms with Gasteiger partial charge in [0.05, 0.1) is 6.42 Å². The Bertz CT molecular complexity index is 351.